The van der Waals surface area contributed by atoms with Crippen LogP contribution in [0.2, 0.25) is 0 Å². The van der Waals surface area contributed by atoms with Crippen molar-refractivity contribution in [2.24, 2.45) is 5.92 Å². The second-order valence-corrected chi connectivity index (χ2v) is 8.01. The molecule has 1 saturated carbocycles. The van der Waals surface area contributed by atoms with Gasteiger partial charge in [-0.05, 0) is 66.1 Å². The zero-order chi connectivity index (χ0) is 19.9. The summed E-state index contributed by atoms with van der Waals surface area (Å²) in [5.74, 6) is 0.872. The first kappa shape index (κ1) is 19.6. The fourth-order valence-electron chi connectivity index (χ4n) is 4.24. The Hall–Kier alpha value is -2.66. The Morgan fingerprint density at radius 1 is 1.00 bits per heavy atom. The fourth-order valence-corrected chi connectivity index (χ4v) is 4.24. The van der Waals surface area contributed by atoms with Gasteiger partial charge < -0.3 is 15.2 Å². The molecule has 1 aliphatic rings. The van der Waals surface area contributed by atoms with Gasteiger partial charge in [-0.1, -0.05) is 31.4 Å². The van der Waals surface area contributed by atoms with E-state index >= 15 is 0 Å². The summed E-state index contributed by atoms with van der Waals surface area (Å²) in [6.07, 6.45) is 12.4. The molecule has 2 N–H and O–H groups in total. The highest BCUT2D eigenvalue weighted by Crippen LogP contribution is 2.25. The molecule has 1 aromatic carbocycles. The largest absolute Gasteiger partial charge is 0.353 e. The van der Waals surface area contributed by atoms with E-state index in [1.165, 1.54) is 32.1 Å². The summed E-state index contributed by atoms with van der Waals surface area (Å²) in [6.45, 7) is 2.93. The molecule has 152 valence electrons. The maximum Gasteiger partial charge on any atom is 0.239 e. The number of rotatable bonds is 8. The molecule has 4 rings (SSSR count). The number of benzene rings is 1. The predicted molar refractivity (Wildman–Crippen MR) is 118 cm³/mol. The molecular formula is C24H30N4O. The normalized spacial score (nSPS) is 14.9. The highest BCUT2D eigenvalue weighted by Gasteiger charge is 2.12. The average Bonchev–Trinajstić information content (AvgIpc) is 3.17. The zero-order valence-corrected chi connectivity index (χ0v) is 16.9. The van der Waals surface area contributed by atoms with Gasteiger partial charge in [-0.2, -0.15) is 0 Å². The molecule has 1 amide bonds. The van der Waals surface area contributed by atoms with Crippen LogP contribution in [-0.2, 0) is 11.3 Å². The van der Waals surface area contributed by atoms with E-state index in [0.29, 0.717) is 13.1 Å². The van der Waals surface area contributed by atoms with Gasteiger partial charge >= 0.3 is 0 Å². The van der Waals surface area contributed by atoms with Crippen LogP contribution in [0.5, 0.6) is 0 Å². The van der Waals surface area contributed by atoms with E-state index in [4.69, 9.17) is 0 Å². The van der Waals surface area contributed by atoms with E-state index in [9.17, 15) is 4.79 Å². The van der Waals surface area contributed by atoms with Crippen molar-refractivity contribution in [1.29, 1.82) is 0 Å². The summed E-state index contributed by atoms with van der Waals surface area (Å²) >= 11 is 0. The van der Waals surface area contributed by atoms with Crippen molar-refractivity contribution in [2.75, 3.05) is 19.6 Å². The van der Waals surface area contributed by atoms with Crippen molar-refractivity contribution >= 4 is 16.8 Å². The van der Waals surface area contributed by atoms with Crippen molar-refractivity contribution in [2.45, 2.75) is 38.6 Å². The first-order valence-corrected chi connectivity index (χ1v) is 10.8. The van der Waals surface area contributed by atoms with Crippen LogP contribution in [0.1, 0.15) is 32.1 Å². The molecule has 0 spiro atoms. The Balaban J connectivity index is 1.28. The lowest BCUT2D eigenvalue weighted by Gasteiger charge is -2.21. The average molecular weight is 391 g/mol. The van der Waals surface area contributed by atoms with Gasteiger partial charge in [0, 0.05) is 37.2 Å². The van der Waals surface area contributed by atoms with E-state index in [1.807, 2.05) is 22.9 Å². The molecule has 0 aliphatic heterocycles. The van der Waals surface area contributed by atoms with Crippen molar-refractivity contribution in [3.05, 3.63) is 55.0 Å². The Labute approximate surface area is 172 Å². The van der Waals surface area contributed by atoms with Gasteiger partial charge in [0.05, 0.1) is 0 Å². The Kier molecular flexibility index (Phi) is 6.57. The van der Waals surface area contributed by atoms with Crippen LogP contribution < -0.4 is 10.6 Å². The molecule has 0 radical (unpaired) electrons. The van der Waals surface area contributed by atoms with Gasteiger partial charge in [0.2, 0.25) is 5.91 Å². The monoisotopic (exact) mass is 390 g/mol. The van der Waals surface area contributed by atoms with Crippen molar-refractivity contribution in [1.82, 2.24) is 20.2 Å². The van der Waals surface area contributed by atoms with Crippen LogP contribution in [0.4, 0.5) is 0 Å². The van der Waals surface area contributed by atoms with Crippen LogP contribution in [0, 0.1) is 5.92 Å². The van der Waals surface area contributed by atoms with Crippen LogP contribution in [-0.4, -0.2) is 35.1 Å². The number of nitrogens with one attached hydrogen (secondary N) is 2. The minimum atomic E-state index is 0.0521. The third kappa shape index (κ3) is 5.24. The van der Waals surface area contributed by atoms with Crippen molar-refractivity contribution in [3.63, 3.8) is 0 Å². The molecule has 1 fully saturated rings. The van der Waals surface area contributed by atoms with Crippen molar-refractivity contribution < 1.29 is 4.79 Å². The lowest BCUT2D eigenvalue weighted by molar-refractivity contribution is -0.121. The molecular weight excluding hydrogens is 360 g/mol. The molecule has 5 heteroatoms. The Morgan fingerprint density at radius 2 is 1.83 bits per heavy atom. The topological polar surface area (TPSA) is 59.0 Å². The van der Waals surface area contributed by atoms with Gasteiger partial charge in [0.1, 0.15) is 6.54 Å². The molecule has 3 aromatic rings. The molecule has 2 heterocycles. The highest BCUT2D eigenvalue weighted by atomic mass is 16.1. The Morgan fingerprint density at radius 3 is 2.66 bits per heavy atom. The molecule has 5 nitrogen and oxygen atoms in total. The molecule has 1 aliphatic carbocycles. The zero-order valence-electron chi connectivity index (χ0n) is 16.9. The van der Waals surface area contributed by atoms with E-state index in [-0.39, 0.29) is 5.91 Å². The number of nitrogens with zero attached hydrogens (tertiary/aromatic N) is 2. The summed E-state index contributed by atoms with van der Waals surface area (Å²) in [6, 6.07) is 12.4. The van der Waals surface area contributed by atoms with Gasteiger partial charge in [0.25, 0.3) is 0 Å². The lowest BCUT2D eigenvalue weighted by Crippen LogP contribution is -2.35. The van der Waals surface area contributed by atoms with E-state index < -0.39 is 0 Å². The number of amides is 1. The summed E-state index contributed by atoms with van der Waals surface area (Å²) in [5, 5.41) is 7.68. The summed E-state index contributed by atoms with van der Waals surface area (Å²) < 4.78 is 2.02. The number of carbonyl (C=O) groups excluding carboxylic acids is 1. The molecule has 0 bridgehead atoms. The number of pyridine rings is 1. The van der Waals surface area contributed by atoms with Crippen molar-refractivity contribution in [3.8, 4) is 11.1 Å². The number of fused-ring (bicyclic) bond motifs is 1. The van der Waals surface area contributed by atoms with Crippen LogP contribution in [0.3, 0.4) is 0 Å². The van der Waals surface area contributed by atoms with Crippen LogP contribution in [0.25, 0.3) is 22.0 Å². The molecule has 29 heavy (non-hydrogen) atoms. The van der Waals surface area contributed by atoms with Crippen LogP contribution >= 0.6 is 0 Å². The number of carbonyl (C=O) groups is 1. The SMILES string of the molecule is O=C(Cn1ccc2ccc(-c3ccncc3)cc21)NCCNCC1CCCCC1. The fraction of sp³-hybridized carbons (Fsp3) is 0.417. The number of hydrogen-bond acceptors (Lipinski definition) is 3. The summed E-state index contributed by atoms with van der Waals surface area (Å²) in [7, 11) is 0. The minimum Gasteiger partial charge on any atom is -0.353 e. The third-order valence-electron chi connectivity index (χ3n) is 5.88. The summed E-state index contributed by atoms with van der Waals surface area (Å²) in [5.41, 5.74) is 3.33. The quantitative estimate of drug-likeness (QED) is 0.572. The van der Waals surface area contributed by atoms with Crippen LogP contribution in [0.15, 0.2) is 55.0 Å². The van der Waals surface area contributed by atoms with Gasteiger partial charge in [-0.3, -0.25) is 9.78 Å². The van der Waals surface area contributed by atoms with E-state index in [2.05, 4.69) is 39.9 Å². The first-order chi connectivity index (χ1) is 14.3. The second kappa shape index (κ2) is 9.70. The standard InChI is InChI=1S/C24H30N4O/c29-24(27-14-13-26-17-19-4-2-1-3-5-19)18-28-15-10-21-6-7-22(16-23(21)28)20-8-11-25-12-9-20/h6-12,15-16,19,26H,1-5,13-14,17-18H2,(H,27,29). The Bertz CT molecular complexity index is 928. The van der Waals surface area contributed by atoms with Gasteiger partial charge in [-0.15, -0.1) is 0 Å². The third-order valence-corrected chi connectivity index (χ3v) is 5.88. The maximum absolute atomic E-state index is 12.4. The number of hydrogen-bond donors (Lipinski definition) is 2. The number of aromatic nitrogens is 2. The summed E-state index contributed by atoms with van der Waals surface area (Å²) in [4.78, 5) is 16.5. The molecule has 0 saturated heterocycles. The molecule has 2 aromatic heterocycles. The lowest BCUT2D eigenvalue weighted by atomic mass is 9.89. The van der Waals surface area contributed by atoms with E-state index in [1.54, 1.807) is 12.4 Å². The highest BCUT2D eigenvalue weighted by molar-refractivity contribution is 5.87. The predicted octanol–water partition coefficient (Wildman–Crippen LogP) is 3.99. The smallest absolute Gasteiger partial charge is 0.239 e. The second-order valence-electron chi connectivity index (χ2n) is 8.01. The molecule has 0 atom stereocenters. The minimum absolute atomic E-state index is 0.0521. The maximum atomic E-state index is 12.4. The first-order valence-electron chi connectivity index (χ1n) is 10.8. The molecule has 0 unspecified atom stereocenters. The van der Waals surface area contributed by atoms with Gasteiger partial charge in [-0.25, -0.2) is 0 Å². The van der Waals surface area contributed by atoms with E-state index in [0.717, 1.165) is 41.0 Å². The van der Waals surface area contributed by atoms with Gasteiger partial charge in [0.15, 0.2) is 0 Å².